The van der Waals surface area contributed by atoms with E-state index < -0.39 is 10.0 Å². The zero-order chi connectivity index (χ0) is 15.2. The highest BCUT2D eigenvalue weighted by Gasteiger charge is 2.27. The van der Waals surface area contributed by atoms with Crippen LogP contribution in [0.1, 0.15) is 33.1 Å². The minimum atomic E-state index is -3.06. The summed E-state index contributed by atoms with van der Waals surface area (Å²) < 4.78 is 25.5. The van der Waals surface area contributed by atoms with Gasteiger partial charge in [-0.2, -0.15) is 0 Å². The molecule has 0 aromatic carbocycles. The van der Waals surface area contributed by atoms with Crippen molar-refractivity contribution in [3.8, 4) is 0 Å². The van der Waals surface area contributed by atoms with Gasteiger partial charge in [0.2, 0.25) is 10.0 Å². The van der Waals surface area contributed by atoms with Crippen LogP contribution in [0.4, 0.5) is 0 Å². The molecule has 0 aromatic heterocycles. The van der Waals surface area contributed by atoms with Crippen LogP contribution < -0.4 is 10.6 Å². The first-order valence-electron chi connectivity index (χ1n) is 7.01. The monoisotopic (exact) mass is 319 g/mol. The van der Waals surface area contributed by atoms with Crippen LogP contribution in [0.25, 0.3) is 0 Å². The molecule has 1 saturated heterocycles. The molecular weight excluding hydrogens is 294 g/mol. The molecule has 5 nitrogen and oxygen atoms in total. The van der Waals surface area contributed by atoms with Crippen molar-refractivity contribution in [2.45, 2.75) is 39.2 Å². The van der Waals surface area contributed by atoms with E-state index >= 15 is 0 Å². The number of thiocarbonyl (C=S) groups is 1. The quantitative estimate of drug-likeness (QED) is 0.569. The third kappa shape index (κ3) is 5.76. The lowest BCUT2D eigenvalue weighted by Gasteiger charge is -2.32. The second-order valence-corrected chi connectivity index (χ2v) is 7.77. The van der Waals surface area contributed by atoms with Crippen LogP contribution in [0, 0.1) is 0 Å². The molecule has 1 aliphatic heterocycles. The second kappa shape index (κ2) is 7.95. The van der Waals surface area contributed by atoms with Crippen molar-refractivity contribution >= 4 is 27.4 Å². The van der Waals surface area contributed by atoms with E-state index in [1.807, 2.05) is 13.8 Å². The Balaban J connectivity index is 2.35. The third-order valence-corrected chi connectivity index (χ3v) is 5.53. The number of piperidine rings is 1. The Morgan fingerprint density at radius 2 is 2.00 bits per heavy atom. The molecule has 0 unspecified atom stereocenters. The van der Waals surface area contributed by atoms with Crippen molar-refractivity contribution in [2.24, 2.45) is 0 Å². The molecule has 0 spiro atoms. The number of nitrogens with zero attached hydrogens (tertiary/aromatic N) is 1. The molecule has 20 heavy (non-hydrogen) atoms. The predicted octanol–water partition coefficient (Wildman–Crippen LogP) is 1.23. The maximum absolute atomic E-state index is 11.9. The van der Waals surface area contributed by atoms with Gasteiger partial charge in [0, 0.05) is 25.7 Å². The summed E-state index contributed by atoms with van der Waals surface area (Å²) in [6, 6.07) is 0.244. The highest BCUT2D eigenvalue weighted by molar-refractivity contribution is 7.89. The fourth-order valence-corrected chi connectivity index (χ4v) is 3.91. The Kier molecular flexibility index (Phi) is 6.91. The van der Waals surface area contributed by atoms with E-state index in [9.17, 15) is 8.42 Å². The van der Waals surface area contributed by atoms with E-state index in [-0.39, 0.29) is 11.8 Å². The smallest absolute Gasteiger partial charge is 0.214 e. The van der Waals surface area contributed by atoms with E-state index in [1.54, 1.807) is 4.31 Å². The van der Waals surface area contributed by atoms with Gasteiger partial charge in [-0.1, -0.05) is 19.1 Å². The summed E-state index contributed by atoms with van der Waals surface area (Å²) in [7, 11) is -3.06. The van der Waals surface area contributed by atoms with Crippen LogP contribution in [0.2, 0.25) is 0 Å². The molecule has 116 valence electrons. The van der Waals surface area contributed by atoms with E-state index in [0.29, 0.717) is 31.2 Å². The largest absolute Gasteiger partial charge is 0.360 e. The average molecular weight is 319 g/mol. The Morgan fingerprint density at radius 3 is 2.50 bits per heavy atom. The van der Waals surface area contributed by atoms with Crippen molar-refractivity contribution in [3.05, 3.63) is 12.2 Å². The zero-order valence-corrected chi connectivity index (χ0v) is 13.9. The maximum atomic E-state index is 11.9. The average Bonchev–Trinajstić information content (AvgIpc) is 2.37. The number of nitrogens with one attached hydrogen (secondary N) is 2. The van der Waals surface area contributed by atoms with Gasteiger partial charge in [0.15, 0.2) is 5.11 Å². The van der Waals surface area contributed by atoms with Crippen molar-refractivity contribution in [1.29, 1.82) is 0 Å². The van der Waals surface area contributed by atoms with Crippen molar-refractivity contribution in [3.63, 3.8) is 0 Å². The van der Waals surface area contributed by atoms with Crippen LogP contribution >= 0.6 is 12.2 Å². The van der Waals surface area contributed by atoms with Crippen LogP contribution in [0.15, 0.2) is 12.2 Å². The van der Waals surface area contributed by atoms with E-state index in [0.717, 1.165) is 18.4 Å². The number of sulfonamides is 1. The normalized spacial score (nSPS) is 17.7. The summed E-state index contributed by atoms with van der Waals surface area (Å²) in [4.78, 5) is 0. The van der Waals surface area contributed by atoms with Crippen LogP contribution in [0.3, 0.4) is 0 Å². The van der Waals surface area contributed by atoms with E-state index in [1.165, 1.54) is 0 Å². The minimum absolute atomic E-state index is 0.240. The molecule has 0 amide bonds. The molecule has 1 aliphatic rings. The van der Waals surface area contributed by atoms with Gasteiger partial charge in [-0.25, -0.2) is 12.7 Å². The Labute approximate surface area is 127 Å². The Bertz CT molecular complexity index is 441. The van der Waals surface area contributed by atoms with Gasteiger partial charge in [-0.3, -0.25) is 0 Å². The standard InChI is InChI=1S/C13H25N3O2S2/c1-4-9-20(17,18)16-7-5-12(6-8-16)15-13(19)14-10-11(2)3/h12H,2,4-10H2,1,3H3,(H2,14,15,19). The molecule has 0 aromatic rings. The highest BCUT2D eigenvalue weighted by Crippen LogP contribution is 2.15. The van der Waals surface area contributed by atoms with Gasteiger partial charge >= 0.3 is 0 Å². The molecule has 0 bridgehead atoms. The van der Waals surface area contributed by atoms with Crippen LogP contribution in [-0.2, 0) is 10.0 Å². The molecule has 0 saturated carbocycles. The summed E-state index contributed by atoms with van der Waals surface area (Å²) in [5, 5.41) is 6.93. The highest BCUT2D eigenvalue weighted by atomic mass is 32.2. The van der Waals surface area contributed by atoms with Gasteiger partial charge in [0.25, 0.3) is 0 Å². The fraction of sp³-hybridized carbons (Fsp3) is 0.769. The SMILES string of the molecule is C=C(C)CNC(=S)NC1CCN(S(=O)(=O)CCC)CC1. The number of rotatable bonds is 6. The topological polar surface area (TPSA) is 61.4 Å². The lowest BCUT2D eigenvalue weighted by Crippen LogP contribution is -2.49. The predicted molar refractivity (Wildman–Crippen MR) is 87.2 cm³/mol. The molecular formula is C13H25N3O2S2. The fourth-order valence-electron chi connectivity index (χ4n) is 2.13. The van der Waals surface area contributed by atoms with Crippen LogP contribution in [0.5, 0.6) is 0 Å². The molecule has 0 aliphatic carbocycles. The summed E-state index contributed by atoms with van der Waals surface area (Å²) in [5.41, 5.74) is 1.02. The number of hydrogen-bond acceptors (Lipinski definition) is 3. The maximum Gasteiger partial charge on any atom is 0.214 e. The van der Waals surface area contributed by atoms with Gasteiger partial charge in [0.1, 0.15) is 0 Å². The van der Waals surface area contributed by atoms with Crippen molar-refractivity contribution < 1.29 is 8.42 Å². The molecule has 1 fully saturated rings. The number of hydrogen-bond donors (Lipinski definition) is 2. The van der Waals surface area contributed by atoms with Gasteiger partial charge in [-0.05, 0) is 38.4 Å². The molecule has 7 heteroatoms. The molecule has 0 atom stereocenters. The first-order valence-corrected chi connectivity index (χ1v) is 9.03. The summed E-state index contributed by atoms with van der Waals surface area (Å²) in [5.74, 6) is 0.240. The first kappa shape index (κ1) is 17.4. The summed E-state index contributed by atoms with van der Waals surface area (Å²) in [6.45, 7) is 9.44. The van der Waals surface area contributed by atoms with E-state index in [2.05, 4.69) is 17.2 Å². The van der Waals surface area contributed by atoms with Crippen molar-refractivity contribution in [2.75, 3.05) is 25.4 Å². The lowest BCUT2D eigenvalue weighted by atomic mass is 10.1. The zero-order valence-electron chi connectivity index (χ0n) is 12.3. The lowest BCUT2D eigenvalue weighted by molar-refractivity contribution is 0.307. The Morgan fingerprint density at radius 1 is 1.40 bits per heavy atom. The second-order valence-electron chi connectivity index (χ2n) is 5.27. The van der Waals surface area contributed by atoms with Gasteiger partial charge in [0.05, 0.1) is 5.75 Å². The summed E-state index contributed by atoms with van der Waals surface area (Å²) in [6.07, 6.45) is 2.24. The first-order chi connectivity index (χ1) is 9.35. The van der Waals surface area contributed by atoms with E-state index in [4.69, 9.17) is 12.2 Å². The van der Waals surface area contributed by atoms with Gasteiger partial charge in [-0.15, -0.1) is 0 Å². The molecule has 0 radical (unpaired) electrons. The summed E-state index contributed by atoms with van der Waals surface area (Å²) >= 11 is 5.20. The molecule has 1 heterocycles. The molecule has 2 N–H and O–H groups in total. The Hall–Kier alpha value is -0.660. The minimum Gasteiger partial charge on any atom is -0.360 e. The van der Waals surface area contributed by atoms with Gasteiger partial charge < -0.3 is 10.6 Å². The van der Waals surface area contributed by atoms with Crippen molar-refractivity contribution in [1.82, 2.24) is 14.9 Å². The third-order valence-electron chi connectivity index (χ3n) is 3.20. The molecule has 1 rings (SSSR count). The van der Waals surface area contributed by atoms with Crippen LogP contribution in [-0.4, -0.2) is 49.3 Å².